The number of rotatable bonds is 2. The fourth-order valence-corrected chi connectivity index (χ4v) is 3.13. The normalized spacial score (nSPS) is 10.5. The van der Waals surface area contributed by atoms with Crippen LogP contribution in [0.5, 0.6) is 0 Å². The summed E-state index contributed by atoms with van der Waals surface area (Å²) in [4.78, 5) is 1.01. The Morgan fingerprint density at radius 2 is 1.62 bits per heavy atom. The van der Waals surface area contributed by atoms with Crippen LogP contribution in [0, 0.1) is 23.0 Å². The van der Waals surface area contributed by atoms with E-state index in [0.717, 1.165) is 39.6 Å². The number of nitrogens with zero attached hydrogens (tertiary/aromatic N) is 1. The zero-order chi connectivity index (χ0) is 14.8. The van der Waals surface area contributed by atoms with Crippen LogP contribution < -0.4 is 0 Å². The van der Waals surface area contributed by atoms with Crippen molar-refractivity contribution in [3.8, 4) is 6.07 Å². The topological polar surface area (TPSA) is 23.8 Å². The predicted octanol–water partition coefficient (Wildman–Crippen LogP) is 5.14. The Morgan fingerprint density at radius 1 is 0.857 bits per heavy atom. The van der Waals surface area contributed by atoms with E-state index < -0.39 is 11.6 Å². The van der Waals surface area contributed by atoms with Crippen molar-refractivity contribution in [3.05, 3.63) is 71.8 Å². The van der Waals surface area contributed by atoms with E-state index in [2.05, 4.69) is 6.07 Å². The van der Waals surface area contributed by atoms with E-state index in [-0.39, 0.29) is 4.90 Å². The maximum absolute atomic E-state index is 13.8. The lowest BCUT2D eigenvalue weighted by molar-refractivity contribution is 0.577. The van der Waals surface area contributed by atoms with Gasteiger partial charge in [0.25, 0.3) is 0 Å². The first-order valence-corrected chi connectivity index (χ1v) is 7.05. The molecule has 0 saturated carbocycles. The molecule has 0 atom stereocenters. The van der Waals surface area contributed by atoms with Crippen LogP contribution in [0.4, 0.5) is 8.78 Å². The summed E-state index contributed by atoms with van der Waals surface area (Å²) in [6.45, 7) is 0. The molecule has 0 heterocycles. The van der Waals surface area contributed by atoms with E-state index in [9.17, 15) is 8.78 Å². The number of hydrogen-bond acceptors (Lipinski definition) is 2. The second-order valence-corrected chi connectivity index (χ2v) is 5.53. The zero-order valence-electron chi connectivity index (χ0n) is 10.8. The van der Waals surface area contributed by atoms with Gasteiger partial charge >= 0.3 is 0 Å². The van der Waals surface area contributed by atoms with Gasteiger partial charge < -0.3 is 0 Å². The average Bonchev–Trinajstić information content (AvgIpc) is 2.51. The molecule has 0 unspecified atom stereocenters. The summed E-state index contributed by atoms with van der Waals surface area (Å²) < 4.78 is 27.0. The van der Waals surface area contributed by atoms with Crippen LogP contribution in [0.15, 0.2) is 64.4 Å². The van der Waals surface area contributed by atoms with E-state index in [0.29, 0.717) is 5.56 Å². The molecule has 1 nitrogen and oxygen atoms in total. The summed E-state index contributed by atoms with van der Waals surface area (Å²) in [5.74, 6) is -0.938. The van der Waals surface area contributed by atoms with Gasteiger partial charge in [-0.15, -0.1) is 0 Å². The van der Waals surface area contributed by atoms with E-state index in [4.69, 9.17) is 5.26 Å². The Hall–Kier alpha value is -2.38. The lowest BCUT2D eigenvalue weighted by Crippen LogP contribution is -1.86. The highest BCUT2D eigenvalue weighted by molar-refractivity contribution is 7.99. The average molecular weight is 297 g/mol. The largest absolute Gasteiger partial charge is 0.207 e. The third kappa shape index (κ3) is 2.61. The third-order valence-corrected chi connectivity index (χ3v) is 4.23. The van der Waals surface area contributed by atoms with Gasteiger partial charge in [-0.1, -0.05) is 36.0 Å². The molecular weight excluding hydrogens is 288 g/mol. The molecule has 0 spiro atoms. The first-order valence-electron chi connectivity index (χ1n) is 6.24. The molecule has 0 N–H and O–H groups in total. The highest BCUT2D eigenvalue weighted by Crippen LogP contribution is 2.36. The fourth-order valence-electron chi connectivity index (χ4n) is 2.13. The lowest BCUT2D eigenvalue weighted by atomic mass is 10.1. The molecule has 0 bridgehead atoms. The number of halogens is 2. The standard InChI is InChI=1S/C17H9F2NS/c18-12-6-7-15(19)17(9-12)21-16-8-5-11(10-20)13-3-1-2-4-14(13)16/h1-9H. The molecular formula is C17H9F2NS. The molecule has 0 aromatic heterocycles. The predicted molar refractivity (Wildman–Crippen MR) is 79.1 cm³/mol. The van der Waals surface area contributed by atoms with Crippen molar-refractivity contribution in [3.63, 3.8) is 0 Å². The molecule has 0 aliphatic rings. The molecule has 0 amide bonds. The number of benzene rings is 3. The maximum atomic E-state index is 13.8. The number of fused-ring (bicyclic) bond motifs is 1. The third-order valence-electron chi connectivity index (χ3n) is 3.12. The summed E-state index contributed by atoms with van der Waals surface area (Å²) in [5.41, 5.74) is 0.565. The van der Waals surface area contributed by atoms with Gasteiger partial charge in [0.1, 0.15) is 11.6 Å². The summed E-state index contributed by atoms with van der Waals surface area (Å²) in [6.07, 6.45) is 0. The van der Waals surface area contributed by atoms with Crippen molar-refractivity contribution in [2.24, 2.45) is 0 Å². The van der Waals surface area contributed by atoms with Gasteiger partial charge in [-0.3, -0.25) is 0 Å². The monoisotopic (exact) mass is 297 g/mol. The molecule has 3 rings (SSSR count). The Kier molecular flexibility index (Phi) is 3.59. The molecule has 0 fully saturated rings. The minimum absolute atomic E-state index is 0.227. The van der Waals surface area contributed by atoms with E-state index in [1.807, 2.05) is 24.3 Å². The van der Waals surface area contributed by atoms with E-state index in [1.54, 1.807) is 12.1 Å². The van der Waals surface area contributed by atoms with Crippen LogP contribution in [-0.4, -0.2) is 0 Å². The van der Waals surface area contributed by atoms with Crippen LogP contribution in [0.1, 0.15) is 5.56 Å². The van der Waals surface area contributed by atoms with Crippen molar-refractivity contribution >= 4 is 22.5 Å². The van der Waals surface area contributed by atoms with Crippen LogP contribution in [0.25, 0.3) is 10.8 Å². The second-order valence-electron chi connectivity index (χ2n) is 4.45. The zero-order valence-corrected chi connectivity index (χ0v) is 11.6. The van der Waals surface area contributed by atoms with Gasteiger partial charge in [0.15, 0.2) is 0 Å². The van der Waals surface area contributed by atoms with Crippen molar-refractivity contribution < 1.29 is 8.78 Å². The summed E-state index contributed by atoms with van der Waals surface area (Å²) in [6, 6.07) is 16.4. The van der Waals surface area contributed by atoms with E-state index >= 15 is 0 Å². The van der Waals surface area contributed by atoms with Gasteiger partial charge in [-0.25, -0.2) is 8.78 Å². The highest BCUT2D eigenvalue weighted by Gasteiger charge is 2.10. The highest BCUT2D eigenvalue weighted by atomic mass is 32.2. The minimum atomic E-state index is -0.475. The van der Waals surface area contributed by atoms with Crippen molar-refractivity contribution in [1.82, 2.24) is 0 Å². The Labute approximate surface area is 124 Å². The fraction of sp³-hybridized carbons (Fsp3) is 0. The molecule has 3 aromatic rings. The molecule has 4 heteroatoms. The Balaban J connectivity index is 2.14. The van der Waals surface area contributed by atoms with Gasteiger partial charge in [0.05, 0.1) is 16.5 Å². The molecule has 0 aliphatic carbocycles. The van der Waals surface area contributed by atoms with Crippen LogP contribution in [0.3, 0.4) is 0 Å². The van der Waals surface area contributed by atoms with Crippen LogP contribution in [0.2, 0.25) is 0 Å². The molecule has 3 aromatic carbocycles. The minimum Gasteiger partial charge on any atom is -0.207 e. The van der Waals surface area contributed by atoms with Gasteiger partial charge in [0.2, 0.25) is 0 Å². The second kappa shape index (κ2) is 5.55. The molecule has 102 valence electrons. The quantitative estimate of drug-likeness (QED) is 0.654. The summed E-state index contributed by atoms with van der Waals surface area (Å²) in [5, 5.41) is 10.8. The van der Waals surface area contributed by atoms with Crippen LogP contribution >= 0.6 is 11.8 Å². The first-order chi connectivity index (χ1) is 10.2. The number of nitriles is 1. The van der Waals surface area contributed by atoms with Gasteiger partial charge in [0, 0.05) is 10.3 Å². The summed E-state index contributed by atoms with van der Waals surface area (Å²) >= 11 is 1.15. The summed E-state index contributed by atoms with van der Waals surface area (Å²) in [7, 11) is 0. The molecule has 21 heavy (non-hydrogen) atoms. The van der Waals surface area contributed by atoms with Crippen molar-refractivity contribution in [2.45, 2.75) is 9.79 Å². The molecule has 0 saturated heterocycles. The first kappa shape index (κ1) is 13.6. The van der Waals surface area contributed by atoms with Crippen molar-refractivity contribution in [1.29, 1.82) is 5.26 Å². The molecule has 0 radical (unpaired) electrons. The molecule has 0 aliphatic heterocycles. The Bertz CT molecular complexity index is 868. The Morgan fingerprint density at radius 3 is 2.38 bits per heavy atom. The smallest absolute Gasteiger partial charge is 0.137 e. The SMILES string of the molecule is N#Cc1ccc(Sc2cc(F)ccc2F)c2ccccc12. The van der Waals surface area contributed by atoms with Crippen molar-refractivity contribution in [2.75, 3.05) is 0 Å². The maximum Gasteiger partial charge on any atom is 0.137 e. The van der Waals surface area contributed by atoms with Gasteiger partial charge in [-0.05, 0) is 35.7 Å². The van der Waals surface area contributed by atoms with Gasteiger partial charge in [-0.2, -0.15) is 5.26 Å². The van der Waals surface area contributed by atoms with E-state index in [1.165, 1.54) is 6.07 Å². The lowest BCUT2D eigenvalue weighted by Gasteiger charge is -2.08. The van der Waals surface area contributed by atoms with Crippen LogP contribution in [-0.2, 0) is 0 Å². The number of hydrogen-bond donors (Lipinski definition) is 0.